The summed E-state index contributed by atoms with van der Waals surface area (Å²) in [7, 11) is -2.08. The number of thiol groups is 1. The van der Waals surface area contributed by atoms with Crippen molar-refractivity contribution in [2.45, 2.75) is 26.2 Å². The van der Waals surface area contributed by atoms with Crippen LogP contribution in [0.4, 0.5) is 16.2 Å². The highest BCUT2D eigenvalue weighted by molar-refractivity contribution is 7.96. The number of anilines is 2. The molecule has 0 heterocycles. The topological polar surface area (TPSA) is 84.5 Å². The Morgan fingerprint density at radius 1 is 1.24 bits per heavy atom. The average molecular weight is 332 g/mol. The Hall–Kier alpha value is -1.41. The van der Waals surface area contributed by atoms with Crippen molar-refractivity contribution in [3.8, 4) is 5.75 Å². The largest absolute Gasteiger partial charge is 0.492 e. The standard InChI is InChI=1S/C13H20N2O4S2/c1-13(2,3)8-6-9(14-12(16)20)11(19-4)10(7-8)15-21(5,17)18/h6-7,15H,1-5H3,(H2,14,16,20). The van der Waals surface area contributed by atoms with Crippen molar-refractivity contribution in [1.29, 1.82) is 0 Å². The molecule has 0 bridgehead atoms. The molecule has 0 saturated heterocycles. The second-order valence-electron chi connectivity index (χ2n) is 5.66. The molecule has 1 rings (SSSR count). The smallest absolute Gasteiger partial charge is 0.280 e. The van der Waals surface area contributed by atoms with Crippen LogP contribution < -0.4 is 14.8 Å². The van der Waals surface area contributed by atoms with Crippen molar-refractivity contribution in [2.75, 3.05) is 23.4 Å². The maximum absolute atomic E-state index is 11.5. The van der Waals surface area contributed by atoms with Gasteiger partial charge < -0.3 is 10.1 Å². The first-order chi connectivity index (χ1) is 9.44. The van der Waals surface area contributed by atoms with Gasteiger partial charge in [0.1, 0.15) is 0 Å². The van der Waals surface area contributed by atoms with E-state index in [9.17, 15) is 13.2 Å². The van der Waals surface area contributed by atoms with Gasteiger partial charge in [0, 0.05) is 0 Å². The number of ether oxygens (including phenoxy) is 1. The number of sulfonamides is 1. The number of carbonyl (C=O) groups is 1. The Bertz CT molecular complexity index is 649. The van der Waals surface area contributed by atoms with Crippen LogP contribution in [0.1, 0.15) is 26.3 Å². The molecule has 0 aliphatic rings. The third-order valence-corrected chi connectivity index (χ3v) is 3.40. The molecule has 1 aromatic carbocycles. The summed E-state index contributed by atoms with van der Waals surface area (Å²) in [5.41, 5.74) is 1.23. The number of methoxy groups -OCH3 is 1. The van der Waals surface area contributed by atoms with Crippen molar-refractivity contribution in [1.82, 2.24) is 0 Å². The molecule has 2 N–H and O–H groups in total. The van der Waals surface area contributed by atoms with Gasteiger partial charge in [-0.05, 0) is 23.1 Å². The van der Waals surface area contributed by atoms with E-state index in [1.807, 2.05) is 20.8 Å². The predicted octanol–water partition coefficient (Wildman–Crippen LogP) is 2.83. The van der Waals surface area contributed by atoms with Gasteiger partial charge in [0.15, 0.2) is 5.75 Å². The first-order valence-corrected chi connectivity index (χ1v) is 8.48. The molecule has 6 nitrogen and oxygen atoms in total. The van der Waals surface area contributed by atoms with Gasteiger partial charge in [0.05, 0.1) is 24.7 Å². The Balaban J connectivity index is 3.55. The van der Waals surface area contributed by atoms with Gasteiger partial charge in [0.25, 0.3) is 5.24 Å². The van der Waals surface area contributed by atoms with Crippen LogP contribution >= 0.6 is 12.6 Å². The van der Waals surface area contributed by atoms with E-state index in [1.54, 1.807) is 12.1 Å². The van der Waals surface area contributed by atoms with Crippen LogP contribution in [0.2, 0.25) is 0 Å². The summed E-state index contributed by atoms with van der Waals surface area (Å²) in [5, 5.41) is 1.96. The molecule has 0 spiro atoms. The predicted molar refractivity (Wildman–Crippen MR) is 88.2 cm³/mol. The van der Waals surface area contributed by atoms with Crippen LogP contribution in [-0.4, -0.2) is 27.0 Å². The number of carbonyl (C=O) groups excluding carboxylic acids is 1. The summed E-state index contributed by atoms with van der Waals surface area (Å²) >= 11 is 3.68. The normalized spacial score (nSPS) is 11.9. The lowest BCUT2D eigenvalue weighted by atomic mass is 9.86. The molecule has 0 saturated carbocycles. The van der Waals surface area contributed by atoms with E-state index in [-0.39, 0.29) is 16.9 Å². The number of rotatable bonds is 4. The lowest BCUT2D eigenvalue weighted by Crippen LogP contribution is -2.16. The monoisotopic (exact) mass is 332 g/mol. The molecule has 0 unspecified atom stereocenters. The van der Waals surface area contributed by atoms with Crippen LogP contribution in [0.5, 0.6) is 5.75 Å². The second-order valence-corrected chi connectivity index (χ2v) is 7.81. The summed E-state index contributed by atoms with van der Waals surface area (Å²) in [6, 6.07) is 3.43. The Morgan fingerprint density at radius 3 is 2.14 bits per heavy atom. The number of nitrogens with one attached hydrogen (secondary N) is 2. The SMILES string of the molecule is COc1c(NC(=O)S)cc(C(C)(C)C)cc1NS(C)(=O)=O. The van der Waals surface area contributed by atoms with E-state index >= 15 is 0 Å². The van der Waals surface area contributed by atoms with E-state index in [0.29, 0.717) is 5.69 Å². The fraction of sp³-hybridized carbons (Fsp3) is 0.462. The van der Waals surface area contributed by atoms with Gasteiger partial charge in [-0.3, -0.25) is 9.52 Å². The fourth-order valence-electron chi connectivity index (χ4n) is 1.77. The number of hydrogen-bond acceptors (Lipinski definition) is 4. The summed E-state index contributed by atoms with van der Waals surface area (Å²) in [6.45, 7) is 5.93. The second kappa shape index (κ2) is 6.15. The van der Waals surface area contributed by atoms with E-state index in [2.05, 4.69) is 22.7 Å². The Kier molecular flexibility index (Phi) is 5.16. The molecule has 0 radical (unpaired) electrons. The first kappa shape index (κ1) is 17.6. The molecule has 8 heteroatoms. The first-order valence-electron chi connectivity index (χ1n) is 6.14. The van der Waals surface area contributed by atoms with Crippen molar-refractivity contribution in [2.24, 2.45) is 0 Å². The molecule has 0 aliphatic carbocycles. The van der Waals surface area contributed by atoms with E-state index in [4.69, 9.17) is 4.74 Å². The Morgan fingerprint density at radius 2 is 1.76 bits per heavy atom. The van der Waals surface area contributed by atoms with Gasteiger partial charge in [-0.2, -0.15) is 0 Å². The molecule has 21 heavy (non-hydrogen) atoms. The molecule has 0 aromatic heterocycles. The summed E-state index contributed by atoms with van der Waals surface area (Å²) in [5.74, 6) is 0.232. The molecule has 118 valence electrons. The van der Waals surface area contributed by atoms with Crippen LogP contribution in [0.25, 0.3) is 0 Å². The summed E-state index contributed by atoms with van der Waals surface area (Å²) < 4.78 is 30.6. The minimum absolute atomic E-state index is 0.232. The summed E-state index contributed by atoms with van der Waals surface area (Å²) in [4.78, 5) is 11.2. The van der Waals surface area contributed by atoms with Gasteiger partial charge in [0.2, 0.25) is 10.0 Å². The van der Waals surface area contributed by atoms with Crippen molar-refractivity contribution < 1.29 is 17.9 Å². The zero-order valence-corrected chi connectivity index (χ0v) is 14.4. The van der Waals surface area contributed by atoms with E-state index < -0.39 is 15.3 Å². The minimum Gasteiger partial charge on any atom is -0.492 e. The van der Waals surface area contributed by atoms with Crippen LogP contribution in [0.3, 0.4) is 0 Å². The molecule has 0 atom stereocenters. The zero-order chi connectivity index (χ0) is 16.4. The molecule has 1 amide bonds. The lowest BCUT2D eigenvalue weighted by molar-refractivity contribution is 0.270. The highest BCUT2D eigenvalue weighted by Gasteiger charge is 2.21. The third kappa shape index (κ3) is 5.13. The third-order valence-electron chi connectivity index (χ3n) is 2.70. The zero-order valence-electron chi connectivity index (χ0n) is 12.6. The fourth-order valence-corrected chi connectivity index (χ4v) is 2.44. The molecule has 0 fully saturated rings. The molecule has 1 aromatic rings. The summed E-state index contributed by atoms with van der Waals surface area (Å²) in [6.07, 6.45) is 1.05. The van der Waals surface area contributed by atoms with Gasteiger partial charge in [-0.1, -0.05) is 33.4 Å². The van der Waals surface area contributed by atoms with Crippen LogP contribution in [0.15, 0.2) is 12.1 Å². The quantitative estimate of drug-likeness (QED) is 0.740. The van der Waals surface area contributed by atoms with Crippen molar-refractivity contribution >= 4 is 39.3 Å². The highest BCUT2D eigenvalue weighted by atomic mass is 32.2. The molecular formula is C13H20N2O4S2. The van der Waals surface area contributed by atoms with Gasteiger partial charge in [-0.25, -0.2) is 8.42 Å². The molecule has 0 aliphatic heterocycles. The number of hydrogen-bond donors (Lipinski definition) is 3. The van der Waals surface area contributed by atoms with Crippen LogP contribution in [-0.2, 0) is 15.4 Å². The van der Waals surface area contributed by atoms with Crippen molar-refractivity contribution in [3.05, 3.63) is 17.7 Å². The van der Waals surface area contributed by atoms with Crippen LogP contribution in [0, 0.1) is 0 Å². The lowest BCUT2D eigenvalue weighted by Gasteiger charge is -2.23. The maximum Gasteiger partial charge on any atom is 0.280 e. The van der Waals surface area contributed by atoms with Crippen molar-refractivity contribution in [3.63, 3.8) is 0 Å². The molecular weight excluding hydrogens is 312 g/mol. The maximum atomic E-state index is 11.5. The minimum atomic E-state index is -3.48. The van der Waals surface area contributed by atoms with Gasteiger partial charge >= 0.3 is 0 Å². The van der Waals surface area contributed by atoms with Gasteiger partial charge in [-0.15, -0.1) is 0 Å². The van der Waals surface area contributed by atoms with E-state index in [1.165, 1.54) is 7.11 Å². The number of amides is 1. The number of benzene rings is 1. The highest BCUT2D eigenvalue weighted by Crippen LogP contribution is 2.39. The van der Waals surface area contributed by atoms with E-state index in [0.717, 1.165) is 11.8 Å². The average Bonchev–Trinajstić information content (AvgIpc) is 2.24. The Labute approximate surface area is 130 Å².